The van der Waals surface area contributed by atoms with E-state index in [2.05, 4.69) is 10.2 Å². The number of fused-ring (bicyclic) bond motifs is 1. The van der Waals surface area contributed by atoms with Crippen molar-refractivity contribution in [1.29, 1.82) is 0 Å². The number of para-hydroxylation sites is 1. The SMILES string of the molecule is CN(CC(=O)N1CCOCC1)S(=O)(=O)c1cc(-c2cc3ccccc3n2C(=O)OC(C)(C)C)c(N2CCCC2)nn1. The summed E-state index contributed by atoms with van der Waals surface area (Å²) in [6, 6.07) is 10.7. The Morgan fingerprint density at radius 1 is 1.02 bits per heavy atom. The molecule has 2 saturated heterocycles. The minimum absolute atomic E-state index is 0.311. The number of benzene rings is 1. The molecule has 1 amide bonds. The van der Waals surface area contributed by atoms with Gasteiger partial charge in [0.2, 0.25) is 5.91 Å². The van der Waals surface area contributed by atoms with Gasteiger partial charge >= 0.3 is 6.09 Å². The Labute approximate surface area is 239 Å². The molecule has 0 atom stereocenters. The van der Waals surface area contributed by atoms with E-state index in [9.17, 15) is 18.0 Å². The minimum Gasteiger partial charge on any atom is -0.443 e. The molecule has 3 aromatic rings. The minimum atomic E-state index is -4.20. The van der Waals surface area contributed by atoms with Crippen molar-refractivity contribution < 1.29 is 27.5 Å². The number of rotatable bonds is 6. The first-order valence-electron chi connectivity index (χ1n) is 13.7. The number of sulfonamides is 1. The molecular weight excluding hydrogens is 548 g/mol. The number of carbonyl (C=O) groups is 2. The lowest BCUT2D eigenvalue weighted by atomic mass is 10.1. The van der Waals surface area contributed by atoms with Crippen molar-refractivity contribution in [2.24, 2.45) is 0 Å². The Morgan fingerprint density at radius 2 is 1.71 bits per heavy atom. The summed E-state index contributed by atoms with van der Waals surface area (Å²) >= 11 is 0. The third-order valence-corrected chi connectivity index (χ3v) is 8.79. The summed E-state index contributed by atoms with van der Waals surface area (Å²) in [7, 11) is -2.85. The lowest BCUT2D eigenvalue weighted by molar-refractivity contribution is -0.135. The van der Waals surface area contributed by atoms with Crippen molar-refractivity contribution in [2.75, 3.05) is 57.9 Å². The molecule has 13 heteroatoms. The van der Waals surface area contributed by atoms with Crippen LogP contribution in [0.5, 0.6) is 0 Å². The summed E-state index contributed by atoms with van der Waals surface area (Å²) in [6.07, 6.45) is 1.33. The number of aromatic nitrogens is 3. The molecule has 0 spiro atoms. The van der Waals surface area contributed by atoms with Crippen LogP contribution in [-0.4, -0.2) is 103 Å². The van der Waals surface area contributed by atoms with Gasteiger partial charge in [0.05, 0.1) is 31.0 Å². The van der Waals surface area contributed by atoms with E-state index in [0.29, 0.717) is 48.9 Å². The fourth-order valence-electron chi connectivity index (χ4n) is 5.05. The van der Waals surface area contributed by atoms with Crippen LogP contribution in [-0.2, 0) is 24.3 Å². The van der Waals surface area contributed by atoms with Gasteiger partial charge in [0.15, 0.2) is 10.8 Å². The summed E-state index contributed by atoms with van der Waals surface area (Å²) in [5.41, 5.74) is 0.757. The highest BCUT2D eigenvalue weighted by Gasteiger charge is 2.32. The van der Waals surface area contributed by atoms with Crippen molar-refractivity contribution in [3.05, 3.63) is 36.4 Å². The molecule has 2 fully saturated rings. The first kappa shape index (κ1) is 29.0. The molecule has 2 aliphatic rings. The third kappa shape index (κ3) is 6.07. The van der Waals surface area contributed by atoms with Gasteiger partial charge in [-0.3, -0.25) is 4.79 Å². The van der Waals surface area contributed by atoms with Crippen LogP contribution >= 0.6 is 0 Å². The maximum absolute atomic E-state index is 13.7. The zero-order valence-corrected chi connectivity index (χ0v) is 24.7. The van der Waals surface area contributed by atoms with Crippen LogP contribution in [0.4, 0.5) is 10.6 Å². The van der Waals surface area contributed by atoms with Crippen LogP contribution in [0.15, 0.2) is 41.4 Å². The van der Waals surface area contributed by atoms with E-state index in [1.54, 1.807) is 25.7 Å². The smallest absolute Gasteiger partial charge is 0.419 e. The Morgan fingerprint density at radius 3 is 2.39 bits per heavy atom. The maximum atomic E-state index is 13.7. The second-order valence-corrected chi connectivity index (χ2v) is 13.3. The third-order valence-electron chi connectivity index (χ3n) is 7.12. The van der Waals surface area contributed by atoms with Gasteiger partial charge < -0.3 is 19.3 Å². The standard InChI is InChI=1S/C28H36N6O6S/c1-28(2,3)40-27(36)34-22-10-6-5-9-20(22)17-23(34)21-18-24(29-30-26(21)33-11-7-8-12-33)41(37,38)31(4)19-25(35)32-13-15-39-16-14-32/h5-6,9-10,17-18H,7-8,11-16,19H2,1-4H3. The van der Waals surface area contributed by atoms with Crippen molar-refractivity contribution in [2.45, 2.75) is 44.2 Å². The molecule has 0 unspecified atom stereocenters. The van der Waals surface area contributed by atoms with Gasteiger partial charge in [0.1, 0.15) is 5.60 Å². The maximum Gasteiger partial charge on any atom is 0.419 e. The molecular formula is C28H36N6O6S. The molecule has 0 N–H and O–H groups in total. The molecule has 0 saturated carbocycles. The highest BCUT2D eigenvalue weighted by atomic mass is 32.2. The average molecular weight is 585 g/mol. The molecule has 2 aromatic heterocycles. The second kappa shape index (κ2) is 11.4. The van der Waals surface area contributed by atoms with Crippen LogP contribution < -0.4 is 4.90 Å². The lowest BCUT2D eigenvalue weighted by Gasteiger charge is -2.28. The first-order valence-corrected chi connectivity index (χ1v) is 15.2. The van der Waals surface area contributed by atoms with Crippen molar-refractivity contribution in [3.63, 3.8) is 0 Å². The second-order valence-electron chi connectivity index (χ2n) is 11.3. The fourth-order valence-corrected chi connectivity index (χ4v) is 6.06. The summed E-state index contributed by atoms with van der Waals surface area (Å²) < 4.78 is 40.8. The number of anilines is 1. The molecule has 0 aliphatic carbocycles. The molecule has 41 heavy (non-hydrogen) atoms. The number of ether oxygens (including phenoxy) is 2. The number of hydrogen-bond donors (Lipinski definition) is 0. The number of nitrogens with zero attached hydrogens (tertiary/aromatic N) is 6. The predicted molar refractivity (Wildman–Crippen MR) is 153 cm³/mol. The number of morpholine rings is 1. The number of amides is 1. The fraction of sp³-hybridized carbons (Fsp3) is 0.500. The van der Waals surface area contributed by atoms with E-state index in [1.165, 1.54) is 17.7 Å². The molecule has 5 rings (SSSR count). The molecule has 2 aliphatic heterocycles. The number of carbonyl (C=O) groups excluding carboxylic acids is 2. The Hall–Kier alpha value is -3.55. The summed E-state index contributed by atoms with van der Waals surface area (Å²) in [6.45, 7) is 8.15. The number of hydrogen-bond acceptors (Lipinski definition) is 9. The molecule has 4 heterocycles. The molecule has 1 aromatic carbocycles. The Balaban J connectivity index is 1.59. The van der Waals surface area contributed by atoms with E-state index in [-0.39, 0.29) is 17.5 Å². The van der Waals surface area contributed by atoms with E-state index in [0.717, 1.165) is 35.6 Å². The molecule has 0 radical (unpaired) electrons. The van der Waals surface area contributed by atoms with Gasteiger partial charge in [-0.25, -0.2) is 17.8 Å². The van der Waals surface area contributed by atoms with Gasteiger partial charge in [-0.2, -0.15) is 4.31 Å². The van der Waals surface area contributed by atoms with Crippen molar-refractivity contribution >= 4 is 38.7 Å². The summed E-state index contributed by atoms with van der Waals surface area (Å²) in [5.74, 6) is 0.174. The monoisotopic (exact) mass is 584 g/mol. The van der Waals surface area contributed by atoms with Gasteiger partial charge in [0, 0.05) is 44.2 Å². The van der Waals surface area contributed by atoms with Crippen molar-refractivity contribution in [3.8, 4) is 11.3 Å². The van der Waals surface area contributed by atoms with Crippen LogP contribution in [0.25, 0.3) is 22.2 Å². The first-order chi connectivity index (χ1) is 19.5. The van der Waals surface area contributed by atoms with Crippen LogP contribution in [0.2, 0.25) is 0 Å². The van der Waals surface area contributed by atoms with Gasteiger partial charge in [-0.05, 0) is 51.8 Å². The van der Waals surface area contributed by atoms with Gasteiger partial charge in [0.25, 0.3) is 10.0 Å². The number of likely N-dealkylation sites (N-methyl/N-ethyl adjacent to an activating group) is 1. The average Bonchev–Trinajstić information content (AvgIpc) is 3.60. The van der Waals surface area contributed by atoms with Gasteiger partial charge in [-0.15, -0.1) is 10.2 Å². The molecule has 12 nitrogen and oxygen atoms in total. The Kier molecular flexibility index (Phi) is 8.04. The van der Waals surface area contributed by atoms with E-state index in [1.807, 2.05) is 35.2 Å². The highest BCUT2D eigenvalue weighted by Crippen LogP contribution is 2.36. The van der Waals surface area contributed by atoms with E-state index >= 15 is 0 Å². The predicted octanol–water partition coefficient (Wildman–Crippen LogP) is 2.96. The normalized spacial score (nSPS) is 16.5. The summed E-state index contributed by atoms with van der Waals surface area (Å²) in [5, 5.41) is 8.99. The van der Waals surface area contributed by atoms with Gasteiger partial charge in [-0.1, -0.05) is 18.2 Å². The van der Waals surface area contributed by atoms with E-state index < -0.39 is 21.7 Å². The zero-order valence-electron chi connectivity index (χ0n) is 23.9. The zero-order chi connectivity index (χ0) is 29.4. The highest BCUT2D eigenvalue weighted by molar-refractivity contribution is 7.89. The lowest BCUT2D eigenvalue weighted by Crippen LogP contribution is -2.46. The molecule has 220 valence electrons. The van der Waals surface area contributed by atoms with Crippen molar-refractivity contribution in [1.82, 2.24) is 24.0 Å². The Bertz CT molecular complexity index is 1550. The topological polar surface area (TPSA) is 127 Å². The van der Waals surface area contributed by atoms with Crippen LogP contribution in [0.3, 0.4) is 0 Å². The van der Waals surface area contributed by atoms with Crippen LogP contribution in [0, 0.1) is 0 Å². The molecule has 0 bridgehead atoms. The van der Waals surface area contributed by atoms with E-state index in [4.69, 9.17) is 9.47 Å². The largest absolute Gasteiger partial charge is 0.443 e. The quantitative estimate of drug-likeness (QED) is 0.430. The summed E-state index contributed by atoms with van der Waals surface area (Å²) in [4.78, 5) is 30.0. The van der Waals surface area contributed by atoms with Crippen LogP contribution in [0.1, 0.15) is 33.6 Å².